The van der Waals surface area contributed by atoms with Gasteiger partial charge in [-0.25, -0.2) is 0 Å². The maximum Gasteiger partial charge on any atom is 0.251 e. The van der Waals surface area contributed by atoms with E-state index in [2.05, 4.69) is 41.5 Å². The van der Waals surface area contributed by atoms with E-state index in [4.69, 9.17) is 5.73 Å². The summed E-state index contributed by atoms with van der Waals surface area (Å²) in [4.78, 5) is 25.7. The van der Waals surface area contributed by atoms with Crippen molar-refractivity contribution in [2.45, 2.75) is 45.0 Å². The Morgan fingerprint density at radius 3 is 2.61 bits per heavy atom. The lowest BCUT2D eigenvalue weighted by Crippen LogP contribution is -2.24. The molecular weight excluding hydrogens is 430 g/mol. The normalized spacial score (nSPS) is 12.4. The minimum atomic E-state index is -0.543. The first-order chi connectivity index (χ1) is 14.7. The third-order valence-electron chi connectivity index (χ3n) is 5.41. The number of carbonyl (C=O) groups excluding carboxylic acids is 2. The van der Waals surface area contributed by atoms with Gasteiger partial charge in [0.2, 0.25) is 5.91 Å². The fourth-order valence-corrected chi connectivity index (χ4v) is 5.57. The number of aryl methyl sites for hydroxylation is 3. The van der Waals surface area contributed by atoms with E-state index in [-0.39, 0.29) is 5.91 Å². The number of nitrogens with one attached hydrogen (secondary N) is 1. The van der Waals surface area contributed by atoms with Crippen molar-refractivity contribution in [3.05, 3.63) is 51.4 Å². The topological polar surface area (TPSA) is 102 Å². The first-order valence-electron chi connectivity index (χ1n) is 9.80. The molecule has 0 aliphatic carbocycles. The van der Waals surface area contributed by atoms with Crippen LogP contribution >= 0.6 is 23.1 Å². The Balaban J connectivity index is 1.67. The van der Waals surface area contributed by atoms with E-state index < -0.39 is 11.2 Å². The summed E-state index contributed by atoms with van der Waals surface area (Å²) in [5.41, 5.74) is 10.7. The van der Waals surface area contributed by atoms with Crippen LogP contribution in [-0.2, 0) is 4.79 Å². The van der Waals surface area contributed by atoms with Crippen LogP contribution in [-0.4, -0.2) is 31.7 Å². The number of nitrogens with zero attached hydrogens (tertiary/aromatic N) is 3. The summed E-state index contributed by atoms with van der Waals surface area (Å²) in [6.45, 7) is 9.65. The second-order valence-electron chi connectivity index (χ2n) is 7.58. The van der Waals surface area contributed by atoms with Gasteiger partial charge in [-0.2, -0.15) is 0 Å². The number of carbonyl (C=O) groups is 2. The Bertz CT molecular complexity index is 1360. The molecule has 0 bridgehead atoms. The van der Waals surface area contributed by atoms with E-state index in [9.17, 15) is 9.59 Å². The lowest BCUT2D eigenvalue weighted by molar-refractivity contribution is -0.115. The van der Waals surface area contributed by atoms with Gasteiger partial charge < -0.3 is 11.1 Å². The molecule has 1 aromatic carbocycles. The van der Waals surface area contributed by atoms with Crippen LogP contribution < -0.4 is 11.1 Å². The van der Waals surface area contributed by atoms with E-state index in [1.165, 1.54) is 23.1 Å². The summed E-state index contributed by atoms with van der Waals surface area (Å²) >= 11 is 2.68. The zero-order chi connectivity index (χ0) is 22.4. The molecule has 31 heavy (non-hydrogen) atoms. The van der Waals surface area contributed by atoms with Crippen molar-refractivity contribution in [2.75, 3.05) is 5.32 Å². The third-order valence-corrected chi connectivity index (χ3v) is 7.58. The molecule has 4 rings (SSSR count). The van der Waals surface area contributed by atoms with E-state index in [1.54, 1.807) is 0 Å². The third kappa shape index (κ3) is 3.68. The van der Waals surface area contributed by atoms with Crippen LogP contribution in [0.3, 0.4) is 0 Å². The lowest BCUT2D eigenvalue weighted by Gasteiger charge is -2.13. The van der Waals surface area contributed by atoms with Crippen molar-refractivity contribution >= 4 is 56.5 Å². The van der Waals surface area contributed by atoms with E-state index >= 15 is 0 Å². The molecule has 0 spiro atoms. The number of thiophene rings is 1. The number of aromatic nitrogens is 3. The van der Waals surface area contributed by atoms with Crippen LogP contribution in [0.4, 0.5) is 5.00 Å². The number of nitrogens with two attached hydrogens (primary N) is 1. The van der Waals surface area contributed by atoms with Gasteiger partial charge in [-0.1, -0.05) is 30.0 Å². The Labute approximate surface area is 188 Å². The molecule has 160 valence electrons. The maximum atomic E-state index is 12.9. The molecule has 0 fully saturated rings. The van der Waals surface area contributed by atoms with Crippen LogP contribution in [0.1, 0.15) is 38.8 Å². The summed E-state index contributed by atoms with van der Waals surface area (Å²) in [6.07, 6.45) is 0. The molecule has 4 aromatic rings. The second kappa shape index (κ2) is 7.97. The van der Waals surface area contributed by atoms with Gasteiger partial charge in [0, 0.05) is 10.3 Å². The van der Waals surface area contributed by atoms with Crippen molar-refractivity contribution in [2.24, 2.45) is 5.73 Å². The van der Waals surface area contributed by atoms with Gasteiger partial charge in [0.15, 0.2) is 10.8 Å². The maximum absolute atomic E-state index is 12.9. The zero-order valence-electron chi connectivity index (χ0n) is 17.9. The SMILES string of the molecule is Cc1sc(NC(=O)C(C)Sc2nnc3cc(C)c4cccc(C)c4n23)c(C(N)=O)c1C. The number of para-hydroxylation sites is 1. The number of fused-ring (bicyclic) bond motifs is 3. The molecule has 9 heteroatoms. The van der Waals surface area contributed by atoms with E-state index in [0.717, 1.165) is 38.1 Å². The van der Waals surface area contributed by atoms with Crippen LogP contribution in [0.2, 0.25) is 0 Å². The number of benzene rings is 1. The molecule has 1 atom stereocenters. The Morgan fingerprint density at radius 1 is 1.16 bits per heavy atom. The molecule has 1 unspecified atom stereocenters. The number of hydrogen-bond acceptors (Lipinski definition) is 6. The number of thioether (sulfide) groups is 1. The number of pyridine rings is 1. The zero-order valence-corrected chi connectivity index (χ0v) is 19.6. The molecule has 0 saturated heterocycles. The van der Waals surface area contributed by atoms with Crippen molar-refractivity contribution in [3.63, 3.8) is 0 Å². The molecule has 0 radical (unpaired) electrons. The first-order valence-corrected chi connectivity index (χ1v) is 11.5. The summed E-state index contributed by atoms with van der Waals surface area (Å²) in [7, 11) is 0. The molecule has 7 nitrogen and oxygen atoms in total. The van der Waals surface area contributed by atoms with Crippen molar-refractivity contribution in [1.29, 1.82) is 0 Å². The molecule has 3 aromatic heterocycles. The Hall–Kier alpha value is -2.91. The van der Waals surface area contributed by atoms with Crippen molar-refractivity contribution in [1.82, 2.24) is 14.6 Å². The van der Waals surface area contributed by atoms with Crippen LogP contribution in [0.15, 0.2) is 29.4 Å². The first kappa shape index (κ1) is 21.3. The molecule has 3 heterocycles. The Morgan fingerprint density at radius 2 is 1.90 bits per heavy atom. The minimum absolute atomic E-state index is 0.223. The number of hydrogen-bond donors (Lipinski definition) is 2. The van der Waals surface area contributed by atoms with Gasteiger partial charge in [0.25, 0.3) is 5.91 Å². The average Bonchev–Trinajstić information content (AvgIpc) is 3.22. The number of amides is 2. The average molecular weight is 454 g/mol. The largest absolute Gasteiger partial charge is 0.365 e. The van der Waals surface area contributed by atoms with E-state index in [1.807, 2.05) is 37.3 Å². The quantitative estimate of drug-likeness (QED) is 0.436. The van der Waals surface area contributed by atoms with Gasteiger partial charge in [-0.05, 0) is 57.4 Å². The van der Waals surface area contributed by atoms with Gasteiger partial charge in [-0.3, -0.25) is 14.0 Å². The fourth-order valence-electron chi connectivity index (χ4n) is 3.64. The van der Waals surface area contributed by atoms with Crippen LogP contribution in [0.5, 0.6) is 0 Å². The number of primary amides is 1. The molecule has 2 amide bonds. The smallest absolute Gasteiger partial charge is 0.251 e. The number of rotatable bonds is 5. The highest BCUT2D eigenvalue weighted by Crippen LogP contribution is 2.34. The minimum Gasteiger partial charge on any atom is -0.365 e. The van der Waals surface area contributed by atoms with Gasteiger partial charge in [-0.15, -0.1) is 21.5 Å². The van der Waals surface area contributed by atoms with Crippen molar-refractivity contribution < 1.29 is 9.59 Å². The molecule has 3 N–H and O–H groups in total. The molecular formula is C22H23N5O2S2. The summed E-state index contributed by atoms with van der Waals surface area (Å²) in [6, 6.07) is 8.16. The highest BCUT2D eigenvalue weighted by Gasteiger charge is 2.24. The highest BCUT2D eigenvalue weighted by molar-refractivity contribution is 8.00. The highest BCUT2D eigenvalue weighted by atomic mass is 32.2. The van der Waals surface area contributed by atoms with E-state index in [0.29, 0.717) is 15.7 Å². The van der Waals surface area contributed by atoms with Gasteiger partial charge in [0.1, 0.15) is 5.00 Å². The summed E-state index contributed by atoms with van der Waals surface area (Å²) in [5, 5.41) is 13.3. The fraction of sp³-hybridized carbons (Fsp3) is 0.273. The Kier molecular flexibility index (Phi) is 5.49. The summed E-state index contributed by atoms with van der Waals surface area (Å²) < 4.78 is 2.00. The van der Waals surface area contributed by atoms with Crippen LogP contribution in [0.25, 0.3) is 16.6 Å². The predicted octanol–water partition coefficient (Wildman–Crippen LogP) is 4.40. The lowest BCUT2D eigenvalue weighted by atomic mass is 10.1. The molecule has 0 aliphatic rings. The number of anilines is 1. The monoisotopic (exact) mass is 453 g/mol. The van der Waals surface area contributed by atoms with Crippen molar-refractivity contribution in [3.8, 4) is 0 Å². The molecule has 0 saturated carbocycles. The standard InChI is InChI=1S/C22H23N5O2S2/c1-10-7-6-8-15-11(2)9-16-25-26-22(27(16)18(10)15)31-14(5)20(29)24-21-17(19(23)28)12(3)13(4)30-21/h6-9,14H,1-5H3,(H2,23,28)(H,24,29). The van der Waals surface area contributed by atoms with Gasteiger partial charge in [0.05, 0.1) is 16.3 Å². The second-order valence-corrected chi connectivity index (χ2v) is 10.1. The van der Waals surface area contributed by atoms with Crippen LogP contribution in [0, 0.1) is 27.7 Å². The van der Waals surface area contributed by atoms with Gasteiger partial charge >= 0.3 is 0 Å². The molecule has 0 aliphatic heterocycles. The predicted molar refractivity (Wildman–Crippen MR) is 126 cm³/mol. The summed E-state index contributed by atoms with van der Waals surface area (Å²) in [5.74, 6) is -0.767.